The fourth-order valence-corrected chi connectivity index (χ4v) is 4.08. The summed E-state index contributed by atoms with van der Waals surface area (Å²) in [5.74, 6) is 0.523. The van der Waals surface area contributed by atoms with Crippen molar-refractivity contribution in [3.05, 3.63) is 111 Å². The van der Waals surface area contributed by atoms with Gasteiger partial charge >= 0.3 is 0 Å². The Kier molecular flexibility index (Phi) is 5.44. The monoisotopic (exact) mass is 456 g/mol. The maximum Gasteiger partial charge on any atom is 0.267 e. The number of fused-ring (bicyclic) bond motifs is 1. The Hall–Kier alpha value is -3.90. The smallest absolute Gasteiger partial charge is 0.267 e. The lowest BCUT2D eigenvalue weighted by Gasteiger charge is -2.12. The second-order valence-corrected chi connectivity index (χ2v) is 8.22. The van der Waals surface area contributed by atoms with Crippen LogP contribution in [0, 0.1) is 13.8 Å². The topological polar surface area (TPSA) is 61.4 Å². The fourth-order valence-electron chi connectivity index (χ4n) is 3.87. The van der Waals surface area contributed by atoms with Crippen LogP contribution in [0.3, 0.4) is 0 Å². The number of ether oxygens (including phenoxy) is 1. The first-order chi connectivity index (χ1) is 16.0. The molecule has 7 heteroatoms. The summed E-state index contributed by atoms with van der Waals surface area (Å²) in [4.78, 5) is 18.2. The van der Waals surface area contributed by atoms with Crippen molar-refractivity contribution in [2.45, 2.75) is 20.5 Å². The summed E-state index contributed by atoms with van der Waals surface area (Å²) in [5.41, 5.74) is 4.72. The van der Waals surface area contributed by atoms with Crippen LogP contribution in [0.1, 0.15) is 17.0 Å². The Bertz CT molecular complexity index is 1520. The molecule has 0 spiro atoms. The second-order valence-electron chi connectivity index (χ2n) is 7.78. The Labute approximate surface area is 195 Å². The highest BCUT2D eigenvalue weighted by atomic mass is 35.5. The third-order valence-corrected chi connectivity index (χ3v) is 5.66. The minimum atomic E-state index is -0.191. The van der Waals surface area contributed by atoms with Gasteiger partial charge in [-0.25, -0.2) is 9.67 Å². The van der Waals surface area contributed by atoms with Crippen LogP contribution in [0.4, 0.5) is 0 Å². The molecule has 0 radical (unpaired) electrons. The van der Waals surface area contributed by atoms with Gasteiger partial charge in [-0.15, -0.1) is 0 Å². The number of benzene rings is 2. The number of aromatic nitrogens is 4. The first-order valence-electron chi connectivity index (χ1n) is 10.5. The van der Waals surface area contributed by atoms with Crippen molar-refractivity contribution < 1.29 is 4.74 Å². The molecule has 6 nitrogen and oxygen atoms in total. The number of para-hydroxylation sites is 1. The normalized spacial score (nSPS) is 11.1. The highest BCUT2D eigenvalue weighted by molar-refractivity contribution is 6.30. The number of pyridine rings is 1. The van der Waals surface area contributed by atoms with Crippen molar-refractivity contribution in [1.29, 1.82) is 0 Å². The molecule has 0 amide bonds. The van der Waals surface area contributed by atoms with Crippen molar-refractivity contribution in [2.24, 2.45) is 0 Å². The van der Waals surface area contributed by atoms with E-state index in [1.165, 1.54) is 4.40 Å². The summed E-state index contributed by atoms with van der Waals surface area (Å²) in [6, 6.07) is 22.8. The summed E-state index contributed by atoms with van der Waals surface area (Å²) in [6.07, 6.45) is 1.70. The van der Waals surface area contributed by atoms with Crippen LogP contribution in [-0.4, -0.2) is 19.2 Å². The van der Waals surface area contributed by atoms with Crippen molar-refractivity contribution in [1.82, 2.24) is 19.2 Å². The lowest BCUT2D eigenvalue weighted by atomic mass is 10.1. The molecule has 5 aromatic rings. The van der Waals surface area contributed by atoms with Gasteiger partial charge in [0.05, 0.1) is 16.9 Å². The van der Waals surface area contributed by atoms with Crippen molar-refractivity contribution >= 4 is 17.2 Å². The van der Waals surface area contributed by atoms with Crippen LogP contribution in [0.2, 0.25) is 5.02 Å². The molecule has 0 unspecified atom stereocenters. The molecule has 3 aromatic heterocycles. The van der Waals surface area contributed by atoms with Gasteiger partial charge in [0.15, 0.2) is 11.4 Å². The number of aryl methyl sites for hydroxylation is 2. The largest absolute Gasteiger partial charge is 0.485 e. The second kappa shape index (κ2) is 8.56. The SMILES string of the molecule is Cc1nc2c(OCc3cccc(Cl)c3)cccn2c(=O)c1-c1cc(C)n(-c2ccccc2)n1. The van der Waals surface area contributed by atoms with Crippen LogP contribution < -0.4 is 10.3 Å². The van der Waals surface area contributed by atoms with E-state index in [4.69, 9.17) is 26.4 Å². The van der Waals surface area contributed by atoms with E-state index in [1.807, 2.05) is 79.2 Å². The van der Waals surface area contributed by atoms with E-state index in [9.17, 15) is 4.79 Å². The third kappa shape index (κ3) is 4.01. The first kappa shape index (κ1) is 21.0. The Morgan fingerprint density at radius 3 is 2.58 bits per heavy atom. The quantitative estimate of drug-likeness (QED) is 0.355. The van der Waals surface area contributed by atoms with E-state index >= 15 is 0 Å². The maximum absolute atomic E-state index is 13.5. The number of nitrogens with zero attached hydrogens (tertiary/aromatic N) is 4. The van der Waals surface area contributed by atoms with E-state index in [-0.39, 0.29) is 5.56 Å². The van der Waals surface area contributed by atoms with E-state index in [0.717, 1.165) is 16.9 Å². The lowest BCUT2D eigenvalue weighted by Crippen LogP contribution is -2.19. The zero-order valence-corrected chi connectivity index (χ0v) is 19.0. The molecule has 0 aliphatic rings. The molecule has 0 fully saturated rings. The molecule has 0 aliphatic carbocycles. The Morgan fingerprint density at radius 2 is 1.79 bits per heavy atom. The molecule has 2 aromatic carbocycles. The van der Waals surface area contributed by atoms with Gasteiger partial charge in [0, 0.05) is 16.9 Å². The molecule has 0 atom stereocenters. The van der Waals surface area contributed by atoms with E-state index < -0.39 is 0 Å². The van der Waals surface area contributed by atoms with E-state index in [1.54, 1.807) is 18.3 Å². The average molecular weight is 457 g/mol. The highest BCUT2D eigenvalue weighted by Crippen LogP contribution is 2.24. The zero-order chi connectivity index (χ0) is 22.9. The van der Waals surface area contributed by atoms with Gasteiger partial charge in [-0.2, -0.15) is 5.10 Å². The standard InChI is InChI=1S/C26H21ClN4O2/c1-17-14-22(29-31(17)21-10-4-3-5-11-21)24-18(2)28-25-23(12-7-13-30(25)26(24)32)33-16-19-8-6-9-20(27)15-19/h3-15H,16H2,1-2H3. The maximum atomic E-state index is 13.5. The molecule has 0 bridgehead atoms. The molecule has 3 heterocycles. The van der Waals surface area contributed by atoms with Crippen LogP contribution in [-0.2, 0) is 6.61 Å². The molecule has 5 rings (SSSR count). The van der Waals surface area contributed by atoms with Gasteiger partial charge in [0.25, 0.3) is 5.56 Å². The molecular weight excluding hydrogens is 436 g/mol. The number of hydrogen-bond donors (Lipinski definition) is 0. The predicted molar refractivity (Wildman–Crippen MR) is 129 cm³/mol. The number of hydrogen-bond acceptors (Lipinski definition) is 4. The predicted octanol–water partition coefficient (Wildman–Crippen LogP) is 5.40. The van der Waals surface area contributed by atoms with Gasteiger partial charge in [-0.3, -0.25) is 9.20 Å². The molecule has 0 saturated carbocycles. The van der Waals surface area contributed by atoms with Crippen LogP contribution in [0.15, 0.2) is 83.8 Å². The van der Waals surface area contributed by atoms with Crippen molar-refractivity contribution in [3.63, 3.8) is 0 Å². The van der Waals surface area contributed by atoms with Crippen molar-refractivity contribution in [3.8, 4) is 22.7 Å². The summed E-state index contributed by atoms with van der Waals surface area (Å²) in [7, 11) is 0. The molecular formula is C26H21ClN4O2. The fraction of sp³-hybridized carbons (Fsp3) is 0.115. The molecule has 0 aliphatic heterocycles. The molecule has 0 N–H and O–H groups in total. The zero-order valence-electron chi connectivity index (χ0n) is 18.2. The Morgan fingerprint density at radius 1 is 0.970 bits per heavy atom. The molecule has 164 valence electrons. The summed E-state index contributed by atoms with van der Waals surface area (Å²) >= 11 is 6.07. The third-order valence-electron chi connectivity index (χ3n) is 5.43. The van der Waals surface area contributed by atoms with Gasteiger partial charge in [0.2, 0.25) is 0 Å². The number of rotatable bonds is 5. The Balaban J connectivity index is 1.55. The highest BCUT2D eigenvalue weighted by Gasteiger charge is 2.18. The summed E-state index contributed by atoms with van der Waals surface area (Å²) < 4.78 is 9.33. The van der Waals surface area contributed by atoms with Crippen LogP contribution in [0.25, 0.3) is 22.6 Å². The van der Waals surface area contributed by atoms with Gasteiger partial charge in [0.1, 0.15) is 12.3 Å². The minimum absolute atomic E-state index is 0.191. The average Bonchev–Trinajstić information content (AvgIpc) is 3.19. The van der Waals surface area contributed by atoms with Crippen LogP contribution >= 0.6 is 11.6 Å². The van der Waals surface area contributed by atoms with E-state index in [2.05, 4.69) is 0 Å². The number of halogens is 1. The molecule has 33 heavy (non-hydrogen) atoms. The van der Waals surface area contributed by atoms with Gasteiger partial charge in [-0.1, -0.05) is 41.9 Å². The summed E-state index contributed by atoms with van der Waals surface area (Å²) in [5, 5.41) is 5.35. The minimum Gasteiger partial charge on any atom is -0.485 e. The van der Waals surface area contributed by atoms with Crippen molar-refractivity contribution in [2.75, 3.05) is 0 Å². The molecule has 0 saturated heterocycles. The van der Waals surface area contributed by atoms with E-state index in [0.29, 0.717) is 40.0 Å². The first-order valence-corrected chi connectivity index (χ1v) is 10.9. The van der Waals surface area contributed by atoms with Gasteiger partial charge in [-0.05, 0) is 61.9 Å². The summed E-state index contributed by atoms with van der Waals surface area (Å²) in [6.45, 7) is 4.10. The lowest BCUT2D eigenvalue weighted by molar-refractivity contribution is 0.308. The van der Waals surface area contributed by atoms with Crippen LogP contribution in [0.5, 0.6) is 5.75 Å². The van der Waals surface area contributed by atoms with Gasteiger partial charge < -0.3 is 4.74 Å².